The molecule has 8 heteroatoms. The highest BCUT2D eigenvalue weighted by Gasteiger charge is 2.41. The molecule has 8 nitrogen and oxygen atoms in total. The second kappa shape index (κ2) is 6.75. The van der Waals surface area contributed by atoms with E-state index in [1.54, 1.807) is 7.05 Å². The van der Waals surface area contributed by atoms with Gasteiger partial charge in [-0.3, -0.25) is 9.59 Å². The molecule has 0 spiro atoms. The molecule has 0 aromatic carbocycles. The van der Waals surface area contributed by atoms with Crippen molar-refractivity contribution < 1.29 is 24.6 Å². The third-order valence-electron chi connectivity index (χ3n) is 4.01. The lowest BCUT2D eigenvalue weighted by Crippen LogP contribution is -2.59. The number of carbonyl (C=O) groups is 3. The number of likely N-dealkylation sites (N-methyl/N-ethyl adjacent to an activating group) is 2. The summed E-state index contributed by atoms with van der Waals surface area (Å²) in [5.41, 5.74) is -0.0947. The summed E-state index contributed by atoms with van der Waals surface area (Å²) in [6.45, 7) is -0.788. The van der Waals surface area contributed by atoms with Gasteiger partial charge < -0.3 is 24.9 Å². The topological polar surface area (TPSA) is 101 Å². The Labute approximate surface area is 123 Å². The van der Waals surface area contributed by atoms with E-state index >= 15 is 0 Å². The van der Waals surface area contributed by atoms with Crippen LogP contribution in [0.5, 0.6) is 0 Å². The van der Waals surface area contributed by atoms with E-state index in [4.69, 9.17) is 10.2 Å². The van der Waals surface area contributed by atoms with Crippen molar-refractivity contribution in [2.75, 3.05) is 40.8 Å². The largest absolute Gasteiger partial charge is 0.480 e. The highest BCUT2D eigenvalue weighted by atomic mass is 16.4. The summed E-state index contributed by atoms with van der Waals surface area (Å²) in [6, 6.07) is -0.576. The van der Waals surface area contributed by atoms with E-state index in [0.29, 0.717) is 6.54 Å². The summed E-state index contributed by atoms with van der Waals surface area (Å²) < 4.78 is 0. The first kappa shape index (κ1) is 17.2. The number of aliphatic carboxylic acids is 2. The number of nitrogens with zero attached hydrogens (tertiary/aromatic N) is 3. The number of carboxylic acid groups (broad SMARTS) is 2. The van der Waals surface area contributed by atoms with E-state index in [9.17, 15) is 14.4 Å². The van der Waals surface area contributed by atoms with Crippen LogP contribution in [-0.4, -0.2) is 89.2 Å². The van der Waals surface area contributed by atoms with E-state index in [2.05, 4.69) is 4.90 Å². The van der Waals surface area contributed by atoms with Gasteiger partial charge in [-0.05, 0) is 33.4 Å². The van der Waals surface area contributed by atoms with Crippen LogP contribution in [0.2, 0.25) is 0 Å². The molecule has 0 aliphatic heterocycles. The molecule has 21 heavy (non-hydrogen) atoms. The number of amides is 2. The number of hydrogen-bond donors (Lipinski definition) is 2. The van der Waals surface area contributed by atoms with Gasteiger partial charge in [-0.25, -0.2) is 4.79 Å². The van der Waals surface area contributed by atoms with Crippen molar-refractivity contribution in [3.05, 3.63) is 0 Å². The second-order valence-electron chi connectivity index (χ2n) is 5.75. The van der Waals surface area contributed by atoms with Crippen LogP contribution in [0, 0.1) is 0 Å². The lowest BCUT2D eigenvalue weighted by Gasteiger charge is -2.49. The molecule has 0 atom stereocenters. The Bertz CT molecular complexity index is 404. The quantitative estimate of drug-likeness (QED) is 0.686. The van der Waals surface area contributed by atoms with Crippen LogP contribution >= 0.6 is 0 Å². The average Bonchev–Trinajstić information content (AvgIpc) is 2.29. The lowest BCUT2D eigenvalue weighted by atomic mass is 9.75. The maximum Gasteiger partial charge on any atom is 0.323 e. The number of carboxylic acids is 2. The molecule has 1 saturated carbocycles. The molecular weight excluding hydrogens is 278 g/mol. The van der Waals surface area contributed by atoms with Crippen LogP contribution in [0.25, 0.3) is 0 Å². The van der Waals surface area contributed by atoms with Gasteiger partial charge in [0.1, 0.15) is 13.1 Å². The van der Waals surface area contributed by atoms with Gasteiger partial charge in [0.2, 0.25) is 0 Å². The average molecular weight is 301 g/mol. The van der Waals surface area contributed by atoms with Crippen LogP contribution in [-0.2, 0) is 9.59 Å². The molecule has 1 aliphatic rings. The predicted octanol–water partition coefficient (Wildman–Crippen LogP) is -0.00630. The molecule has 1 aliphatic carbocycles. The Kier molecular flexibility index (Phi) is 5.54. The molecule has 2 N–H and O–H groups in total. The van der Waals surface area contributed by atoms with Crippen molar-refractivity contribution in [1.29, 1.82) is 0 Å². The smallest absolute Gasteiger partial charge is 0.323 e. The molecule has 0 aromatic rings. The predicted molar refractivity (Wildman–Crippen MR) is 75.1 cm³/mol. The Hall–Kier alpha value is -1.83. The standard InChI is InChI=1S/C13H23N3O5/c1-14(2)13(5-4-6-13)9-15(3)12(21)16(7-10(17)18)8-11(19)20/h4-9H2,1-3H3,(H,17,18)(H,19,20). The Morgan fingerprint density at radius 3 is 1.76 bits per heavy atom. The molecule has 0 unspecified atom stereocenters. The number of carbonyl (C=O) groups excluding carboxylic acids is 1. The summed E-state index contributed by atoms with van der Waals surface area (Å²) in [6.07, 6.45) is 3.03. The lowest BCUT2D eigenvalue weighted by molar-refractivity contribution is -0.140. The van der Waals surface area contributed by atoms with Crippen molar-refractivity contribution in [2.24, 2.45) is 0 Å². The van der Waals surface area contributed by atoms with Crippen molar-refractivity contribution >= 4 is 18.0 Å². The fraction of sp³-hybridized carbons (Fsp3) is 0.769. The highest BCUT2D eigenvalue weighted by molar-refractivity contribution is 5.84. The van der Waals surface area contributed by atoms with E-state index in [1.807, 2.05) is 14.1 Å². The van der Waals surface area contributed by atoms with E-state index in [0.717, 1.165) is 24.2 Å². The van der Waals surface area contributed by atoms with Crippen molar-refractivity contribution in [3.63, 3.8) is 0 Å². The zero-order valence-corrected chi connectivity index (χ0v) is 12.7. The maximum atomic E-state index is 12.3. The maximum absolute atomic E-state index is 12.3. The summed E-state index contributed by atoms with van der Waals surface area (Å²) in [7, 11) is 5.47. The first-order valence-electron chi connectivity index (χ1n) is 6.79. The minimum atomic E-state index is -1.23. The summed E-state index contributed by atoms with van der Waals surface area (Å²) in [4.78, 5) is 38.1. The van der Waals surface area contributed by atoms with Gasteiger partial charge in [0.05, 0.1) is 0 Å². The fourth-order valence-corrected chi connectivity index (χ4v) is 2.60. The minimum Gasteiger partial charge on any atom is -0.480 e. The van der Waals surface area contributed by atoms with Crippen molar-refractivity contribution in [3.8, 4) is 0 Å². The SMILES string of the molecule is CN(CC1(N(C)C)CCC1)C(=O)N(CC(=O)O)CC(=O)O. The normalized spacial score (nSPS) is 16.2. The Morgan fingerprint density at radius 2 is 1.48 bits per heavy atom. The zero-order valence-electron chi connectivity index (χ0n) is 12.7. The minimum absolute atomic E-state index is 0.0947. The molecule has 120 valence electrons. The molecular formula is C13H23N3O5. The van der Waals surface area contributed by atoms with Gasteiger partial charge in [-0.15, -0.1) is 0 Å². The van der Waals surface area contributed by atoms with Gasteiger partial charge in [-0.1, -0.05) is 0 Å². The molecule has 1 rings (SSSR count). The Balaban J connectivity index is 2.73. The molecule has 0 saturated heterocycles. The molecule has 0 radical (unpaired) electrons. The van der Waals surface area contributed by atoms with Gasteiger partial charge in [-0.2, -0.15) is 0 Å². The van der Waals surface area contributed by atoms with Gasteiger partial charge in [0.25, 0.3) is 0 Å². The van der Waals surface area contributed by atoms with E-state index in [-0.39, 0.29) is 5.54 Å². The van der Waals surface area contributed by atoms with Crippen LogP contribution < -0.4 is 0 Å². The molecule has 0 bridgehead atoms. The highest BCUT2D eigenvalue weighted by Crippen LogP contribution is 2.36. The van der Waals surface area contributed by atoms with Crippen LogP contribution in [0.3, 0.4) is 0 Å². The van der Waals surface area contributed by atoms with E-state index in [1.165, 1.54) is 4.90 Å². The summed E-state index contributed by atoms with van der Waals surface area (Å²) in [5.74, 6) is -2.46. The van der Waals surface area contributed by atoms with Gasteiger partial charge in [0, 0.05) is 19.1 Å². The number of hydrogen-bond acceptors (Lipinski definition) is 4. The first-order valence-corrected chi connectivity index (χ1v) is 6.79. The van der Waals surface area contributed by atoms with Crippen molar-refractivity contribution in [2.45, 2.75) is 24.8 Å². The number of rotatable bonds is 7. The summed E-state index contributed by atoms with van der Waals surface area (Å²) >= 11 is 0. The van der Waals surface area contributed by atoms with Crippen molar-refractivity contribution in [1.82, 2.24) is 14.7 Å². The molecule has 1 fully saturated rings. The zero-order chi connectivity index (χ0) is 16.2. The van der Waals surface area contributed by atoms with E-state index < -0.39 is 31.1 Å². The van der Waals surface area contributed by atoms with Crippen LogP contribution in [0.15, 0.2) is 0 Å². The number of urea groups is 1. The monoisotopic (exact) mass is 301 g/mol. The molecule has 0 aromatic heterocycles. The fourth-order valence-electron chi connectivity index (χ4n) is 2.60. The van der Waals surface area contributed by atoms with Gasteiger partial charge in [0.15, 0.2) is 0 Å². The summed E-state index contributed by atoms with van der Waals surface area (Å²) in [5, 5.41) is 17.6. The molecule has 2 amide bonds. The second-order valence-corrected chi connectivity index (χ2v) is 5.75. The molecule has 0 heterocycles. The van der Waals surface area contributed by atoms with Gasteiger partial charge >= 0.3 is 18.0 Å². The van der Waals surface area contributed by atoms with Crippen LogP contribution in [0.1, 0.15) is 19.3 Å². The third-order valence-corrected chi connectivity index (χ3v) is 4.01. The third kappa shape index (κ3) is 4.32. The van der Waals surface area contributed by atoms with Crippen LogP contribution in [0.4, 0.5) is 4.79 Å². The first-order chi connectivity index (χ1) is 9.68. The Morgan fingerprint density at radius 1 is 1.00 bits per heavy atom.